The van der Waals surface area contributed by atoms with Gasteiger partial charge in [0.2, 0.25) is 0 Å². The summed E-state index contributed by atoms with van der Waals surface area (Å²) in [4.78, 5) is 16.6. The van der Waals surface area contributed by atoms with Gasteiger partial charge >= 0.3 is 0 Å². The SMILES string of the molecule is CCn1c(=O)/c(=C2\Sc3cc(Cl)ccc3N2C)s/c1=C\c1scc[n+]1Cc1ccccc1C.[Cl-]. The molecule has 3 heterocycles. The number of thiazole rings is 2. The third-order valence-corrected chi connectivity index (χ3v) is 9.33. The van der Waals surface area contributed by atoms with Gasteiger partial charge in [-0.2, -0.15) is 4.57 Å². The van der Waals surface area contributed by atoms with Gasteiger partial charge in [-0.25, -0.2) is 0 Å². The molecule has 0 bridgehead atoms. The molecule has 0 aliphatic carbocycles. The molecule has 5 rings (SSSR count). The van der Waals surface area contributed by atoms with Gasteiger partial charge in [-0.3, -0.25) is 9.36 Å². The third kappa shape index (κ3) is 4.60. The van der Waals surface area contributed by atoms with E-state index in [-0.39, 0.29) is 18.0 Å². The van der Waals surface area contributed by atoms with Crippen molar-refractivity contribution in [2.75, 3.05) is 11.9 Å². The molecule has 0 saturated carbocycles. The van der Waals surface area contributed by atoms with Gasteiger partial charge < -0.3 is 17.3 Å². The summed E-state index contributed by atoms with van der Waals surface area (Å²) in [6, 6.07) is 14.3. The molecule has 1 aliphatic heterocycles. The average molecular weight is 549 g/mol. The molecule has 0 N–H and O–H groups in total. The standard InChI is InChI=1S/C25H23ClN3OS3.ClH/c1-4-29-22(14-21-28(11-12-31-21)15-17-8-6-5-7-16(17)2)33-23(24(29)30)25-27(3)19-10-9-18(26)13-20(19)32-25;/h5-14H,4,15H2,1-3H3;1H/q+1;/p-1/b25-23+;. The maximum atomic E-state index is 13.4. The summed E-state index contributed by atoms with van der Waals surface area (Å²) in [6.07, 6.45) is 4.26. The molecule has 176 valence electrons. The van der Waals surface area contributed by atoms with Gasteiger partial charge in [0.1, 0.15) is 14.2 Å². The molecule has 2 aromatic heterocycles. The molecular formula is C25H23Cl2N3OS3. The fraction of sp³-hybridized carbons (Fsp3) is 0.200. The first kappa shape index (κ1) is 25.1. The van der Waals surface area contributed by atoms with Crippen LogP contribution in [0.2, 0.25) is 5.02 Å². The lowest BCUT2D eigenvalue weighted by atomic mass is 10.1. The summed E-state index contributed by atoms with van der Waals surface area (Å²) in [5, 5.41) is 4.89. The quantitative estimate of drug-likeness (QED) is 0.362. The predicted molar refractivity (Wildman–Crippen MR) is 141 cm³/mol. The highest BCUT2D eigenvalue weighted by molar-refractivity contribution is 8.08. The Hall–Kier alpha value is -2.03. The number of benzene rings is 2. The molecule has 2 aromatic carbocycles. The Labute approximate surface area is 221 Å². The van der Waals surface area contributed by atoms with E-state index in [2.05, 4.69) is 58.3 Å². The van der Waals surface area contributed by atoms with Gasteiger partial charge in [-0.15, -0.1) is 11.3 Å². The lowest BCUT2D eigenvalue weighted by Gasteiger charge is -2.12. The number of aromatic nitrogens is 2. The zero-order chi connectivity index (χ0) is 23.1. The maximum absolute atomic E-state index is 13.4. The van der Waals surface area contributed by atoms with Crippen LogP contribution in [-0.4, -0.2) is 11.6 Å². The number of aryl methyl sites for hydroxylation is 1. The number of rotatable bonds is 4. The van der Waals surface area contributed by atoms with Gasteiger partial charge in [0.25, 0.3) is 10.6 Å². The van der Waals surface area contributed by atoms with Crippen molar-refractivity contribution in [3.05, 3.63) is 94.7 Å². The van der Waals surface area contributed by atoms with Crippen LogP contribution in [0.15, 0.2) is 63.7 Å². The molecule has 0 unspecified atom stereocenters. The van der Waals surface area contributed by atoms with E-state index in [1.54, 1.807) is 34.4 Å². The Morgan fingerprint density at radius 3 is 2.74 bits per heavy atom. The van der Waals surface area contributed by atoms with Crippen molar-refractivity contribution in [3.8, 4) is 0 Å². The van der Waals surface area contributed by atoms with E-state index in [1.165, 1.54) is 11.1 Å². The molecule has 4 nitrogen and oxygen atoms in total. The van der Waals surface area contributed by atoms with Crippen molar-refractivity contribution in [3.63, 3.8) is 0 Å². The minimum absolute atomic E-state index is 0. The fourth-order valence-electron chi connectivity index (χ4n) is 3.93. The molecule has 4 aromatic rings. The Bertz CT molecular complexity index is 1540. The van der Waals surface area contributed by atoms with E-state index in [0.717, 1.165) is 36.4 Å². The van der Waals surface area contributed by atoms with Crippen LogP contribution in [0.25, 0.3) is 11.1 Å². The number of thioether (sulfide) groups is 1. The van der Waals surface area contributed by atoms with E-state index in [1.807, 2.05) is 36.7 Å². The van der Waals surface area contributed by atoms with Gasteiger partial charge in [-0.1, -0.05) is 59.0 Å². The lowest BCUT2D eigenvalue weighted by Crippen LogP contribution is -3.00. The monoisotopic (exact) mass is 547 g/mol. The number of nitrogens with zero attached hydrogens (tertiary/aromatic N) is 3. The highest BCUT2D eigenvalue weighted by atomic mass is 35.5. The molecule has 0 fully saturated rings. The zero-order valence-electron chi connectivity index (χ0n) is 18.9. The predicted octanol–water partition coefficient (Wildman–Crippen LogP) is 1.43. The number of hydrogen-bond acceptors (Lipinski definition) is 5. The van der Waals surface area contributed by atoms with Crippen LogP contribution in [0.1, 0.15) is 23.1 Å². The molecule has 0 saturated heterocycles. The minimum Gasteiger partial charge on any atom is -1.00 e. The van der Waals surface area contributed by atoms with Crippen molar-refractivity contribution in [1.82, 2.24) is 4.57 Å². The van der Waals surface area contributed by atoms with E-state index in [0.29, 0.717) is 11.6 Å². The minimum atomic E-state index is 0. The molecule has 0 amide bonds. The normalized spacial score (nSPS) is 14.9. The molecule has 9 heteroatoms. The van der Waals surface area contributed by atoms with E-state index in [9.17, 15) is 4.79 Å². The number of anilines is 1. The van der Waals surface area contributed by atoms with Crippen LogP contribution in [0, 0.1) is 6.92 Å². The maximum Gasteiger partial charge on any atom is 0.271 e. The number of hydrogen-bond donors (Lipinski definition) is 0. The first-order chi connectivity index (χ1) is 16.0. The van der Waals surface area contributed by atoms with Crippen LogP contribution in [0.4, 0.5) is 5.69 Å². The second-order valence-electron chi connectivity index (χ2n) is 7.84. The molecule has 0 atom stereocenters. The summed E-state index contributed by atoms with van der Waals surface area (Å²) < 4.78 is 5.85. The largest absolute Gasteiger partial charge is 1.00 e. The van der Waals surface area contributed by atoms with Gasteiger partial charge in [0, 0.05) is 29.1 Å². The summed E-state index contributed by atoms with van der Waals surface area (Å²) in [5.74, 6) is 0. The smallest absolute Gasteiger partial charge is 0.271 e. The molecular weight excluding hydrogens is 525 g/mol. The summed E-state index contributed by atoms with van der Waals surface area (Å²) in [7, 11) is 2.01. The van der Waals surface area contributed by atoms with Crippen LogP contribution < -0.4 is 36.6 Å². The van der Waals surface area contributed by atoms with Gasteiger partial charge in [0.05, 0.1) is 17.1 Å². The van der Waals surface area contributed by atoms with Crippen LogP contribution in [0.5, 0.6) is 0 Å². The van der Waals surface area contributed by atoms with Gasteiger partial charge in [-0.05, 0) is 37.6 Å². The molecule has 0 spiro atoms. The Morgan fingerprint density at radius 2 is 1.97 bits per heavy atom. The van der Waals surface area contributed by atoms with Crippen molar-refractivity contribution in [2.24, 2.45) is 0 Å². The van der Waals surface area contributed by atoms with Crippen LogP contribution in [0.3, 0.4) is 0 Å². The highest BCUT2D eigenvalue weighted by Crippen LogP contribution is 2.46. The Morgan fingerprint density at radius 1 is 1.18 bits per heavy atom. The second-order valence-corrected chi connectivity index (χ2v) is 11.3. The first-order valence-corrected chi connectivity index (χ1v) is 13.5. The van der Waals surface area contributed by atoms with Crippen LogP contribution in [-0.2, 0) is 13.1 Å². The van der Waals surface area contributed by atoms with Crippen molar-refractivity contribution < 1.29 is 17.0 Å². The molecule has 0 radical (unpaired) electrons. The van der Waals surface area contributed by atoms with E-state index < -0.39 is 0 Å². The topological polar surface area (TPSA) is 29.1 Å². The fourth-order valence-corrected chi connectivity index (χ4v) is 7.53. The molecule has 1 aliphatic rings. The Kier molecular flexibility index (Phi) is 7.60. The van der Waals surface area contributed by atoms with Gasteiger partial charge in [0.15, 0.2) is 12.7 Å². The Balaban J connectivity index is 0.00000274. The highest BCUT2D eigenvalue weighted by Gasteiger charge is 2.25. The summed E-state index contributed by atoms with van der Waals surface area (Å²) in [6.45, 7) is 5.60. The van der Waals surface area contributed by atoms with Crippen molar-refractivity contribution in [1.29, 1.82) is 0 Å². The van der Waals surface area contributed by atoms with Crippen molar-refractivity contribution >= 4 is 62.8 Å². The number of fused-ring (bicyclic) bond motifs is 1. The first-order valence-electron chi connectivity index (χ1n) is 10.6. The summed E-state index contributed by atoms with van der Waals surface area (Å²) in [5.41, 5.74) is 3.72. The molecule has 34 heavy (non-hydrogen) atoms. The average Bonchev–Trinajstić information content (AvgIpc) is 3.46. The van der Waals surface area contributed by atoms with E-state index >= 15 is 0 Å². The summed E-state index contributed by atoms with van der Waals surface area (Å²) >= 11 is 11.1. The number of halogens is 2. The van der Waals surface area contributed by atoms with Crippen molar-refractivity contribution in [2.45, 2.75) is 31.8 Å². The van der Waals surface area contributed by atoms with E-state index in [4.69, 9.17) is 11.6 Å². The second kappa shape index (κ2) is 10.3. The zero-order valence-corrected chi connectivity index (χ0v) is 22.9. The van der Waals surface area contributed by atoms with Crippen LogP contribution >= 0.6 is 46.0 Å². The third-order valence-electron chi connectivity index (χ3n) is 5.78. The lowest BCUT2D eigenvalue weighted by molar-refractivity contribution is -0.685.